The number of hydrogen-bond acceptors (Lipinski definition) is 3. The highest BCUT2D eigenvalue weighted by molar-refractivity contribution is 9.10. The van der Waals surface area contributed by atoms with Gasteiger partial charge < -0.3 is 14.7 Å². The molecule has 1 aliphatic heterocycles. The second-order valence-electron chi connectivity index (χ2n) is 6.91. The normalized spacial score (nSPS) is 18.1. The van der Waals surface area contributed by atoms with Gasteiger partial charge in [-0.3, -0.25) is 0 Å². The zero-order valence-electron chi connectivity index (χ0n) is 13.4. The van der Waals surface area contributed by atoms with Crippen molar-refractivity contribution in [2.24, 2.45) is 0 Å². The van der Waals surface area contributed by atoms with E-state index in [0.29, 0.717) is 13.1 Å². The Morgan fingerprint density at radius 2 is 1.82 bits per heavy atom. The topological polar surface area (TPSA) is 49.8 Å². The number of aliphatic hydroxyl groups is 1. The van der Waals surface area contributed by atoms with E-state index in [-0.39, 0.29) is 18.1 Å². The van der Waals surface area contributed by atoms with E-state index in [2.05, 4.69) is 15.9 Å². The lowest BCUT2D eigenvalue weighted by atomic mass is 9.73. The average molecular weight is 370 g/mol. The standard InChI is InChI=1S/C17H24BrNO3/c1-16(2,3)22-15(21)19-10-8-17(12-20,9-11-19)13-4-6-14(18)7-5-13/h4-7,20H,8-12H2,1-3H3. The van der Waals surface area contributed by atoms with Gasteiger partial charge in [0.05, 0.1) is 6.61 Å². The van der Waals surface area contributed by atoms with E-state index >= 15 is 0 Å². The van der Waals surface area contributed by atoms with E-state index in [1.54, 1.807) is 4.90 Å². The van der Waals surface area contributed by atoms with Crippen LogP contribution < -0.4 is 0 Å². The SMILES string of the molecule is CC(C)(C)OC(=O)N1CCC(CO)(c2ccc(Br)cc2)CC1. The highest BCUT2D eigenvalue weighted by atomic mass is 79.9. The van der Waals surface area contributed by atoms with E-state index in [9.17, 15) is 9.90 Å². The van der Waals surface area contributed by atoms with E-state index in [1.807, 2.05) is 45.0 Å². The van der Waals surface area contributed by atoms with Crippen molar-refractivity contribution >= 4 is 22.0 Å². The van der Waals surface area contributed by atoms with Crippen LogP contribution in [0.2, 0.25) is 0 Å². The number of carbonyl (C=O) groups excluding carboxylic acids is 1. The maximum absolute atomic E-state index is 12.1. The molecule has 0 bridgehead atoms. The van der Waals surface area contributed by atoms with Gasteiger partial charge in [-0.25, -0.2) is 4.79 Å². The van der Waals surface area contributed by atoms with Gasteiger partial charge in [0.1, 0.15) is 5.60 Å². The summed E-state index contributed by atoms with van der Waals surface area (Å²) < 4.78 is 6.44. The second-order valence-corrected chi connectivity index (χ2v) is 7.83. The molecule has 0 saturated carbocycles. The minimum absolute atomic E-state index is 0.0940. The third kappa shape index (κ3) is 4.02. The third-order valence-corrected chi connectivity index (χ3v) is 4.66. The summed E-state index contributed by atoms with van der Waals surface area (Å²) in [7, 11) is 0. The summed E-state index contributed by atoms with van der Waals surface area (Å²) in [6.07, 6.45) is 1.21. The minimum Gasteiger partial charge on any atom is -0.444 e. The predicted molar refractivity (Wildman–Crippen MR) is 89.9 cm³/mol. The van der Waals surface area contributed by atoms with Crippen LogP contribution >= 0.6 is 15.9 Å². The first-order valence-corrected chi connectivity index (χ1v) is 8.40. The Morgan fingerprint density at radius 1 is 1.27 bits per heavy atom. The molecule has 4 nitrogen and oxygen atoms in total. The van der Waals surface area contributed by atoms with Gasteiger partial charge in [-0.05, 0) is 51.3 Å². The van der Waals surface area contributed by atoms with Gasteiger partial charge in [-0.15, -0.1) is 0 Å². The zero-order valence-corrected chi connectivity index (χ0v) is 15.0. The summed E-state index contributed by atoms with van der Waals surface area (Å²) >= 11 is 3.43. The van der Waals surface area contributed by atoms with Crippen LogP contribution in [0.4, 0.5) is 4.79 Å². The molecule has 5 heteroatoms. The van der Waals surface area contributed by atoms with Gasteiger partial charge in [0.15, 0.2) is 0 Å². The van der Waals surface area contributed by atoms with Gasteiger partial charge in [0.2, 0.25) is 0 Å². The Kier molecular flexibility index (Phi) is 5.17. The molecule has 2 rings (SSSR count). The molecule has 1 aliphatic rings. The van der Waals surface area contributed by atoms with Gasteiger partial charge in [-0.2, -0.15) is 0 Å². The molecule has 0 spiro atoms. The fourth-order valence-corrected chi connectivity index (χ4v) is 3.05. The number of benzene rings is 1. The molecule has 1 N–H and O–H groups in total. The van der Waals surface area contributed by atoms with E-state index in [0.717, 1.165) is 22.9 Å². The van der Waals surface area contributed by atoms with Crippen molar-refractivity contribution in [3.8, 4) is 0 Å². The zero-order chi connectivity index (χ0) is 16.4. The van der Waals surface area contributed by atoms with Crippen molar-refractivity contribution in [3.05, 3.63) is 34.3 Å². The van der Waals surface area contributed by atoms with E-state index in [4.69, 9.17) is 4.74 Å². The van der Waals surface area contributed by atoms with Crippen LogP contribution in [0.3, 0.4) is 0 Å². The smallest absolute Gasteiger partial charge is 0.410 e. The molecular formula is C17H24BrNO3. The molecule has 0 aromatic heterocycles. The fraction of sp³-hybridized carbons (Fsp3) is 0.588. The lowest BCUT2D eigenvalue weighted by Gasteiger charge is -2.41. The van der Waals surface area contributed by atoms with Gasteiger partial charge in [0.25, 0.3) is 0 Å². The van der Waals surface area contributed by atoms with Crippen LogP contribution in [0.1, 0.15) is 39.2 Å². The quantitative estimate of drug-likeness (QED) is 0.864. The van der Waals surface area contributed by atoms with Crippen LogP contribution in [0.5, 0.6) is 0 Å². The predicted octanol–water partition coefficient (Wildman–Crippen LogP) is 3.71. The van der Waals surface area contributed by atoms with Crippen molar-refractivity contribution in [2.75, 3.05) is 19.7 Å². The van der Waals surface area contributed by atoms with Crippen molar-refractivity contribution in [1.82, 2.24) is 4.90 Å². The Labute approximate surface area is 140 Å². The maximum Gasteiger partial charge on any atom is 0.410 e. The summed E-state index contributed by atoms with van der Waals surface area (Å²) in [6.45, 7) is 6.91. The lowest BCUT2D eigenvalue weighted by Crippen LogP contribution is -2.48. The molecule has 1 aromatic rings. The van der Waals surface area contributed by atoms with Gasteiger partial charge in [0, 0.05) is 23.0 Å². The van der Waals surface area contributed by atoms with Gasteiger partial charge >= 0.3 is 6.09 Å². The highest BCUT2D eigenvalue weighted by Gasteiger charge is 2.38. The van der Waals surface area contributed by atoms with Crippen LogP contribution in [-0.2, 0) is 10.2 Å². The average Bonchev–Trinajstić information content (AvgIpc) is 2.46. The molecule has 1 aromatic carbocycles. The molecule has 1 heterocycles. The maximum atomic E-state index is 12.1. The number of likely N-dealkylation sites (tertiary alicyclic amines) is 1. The Balaban J connectivity index is 2.05. The van der Waals surface area contributed by atoms with Crippen LogP contribution in [0.15, 0.2) is 28.7 Å². The summed E-state index contributed by atoms with van der Waals surface area (Å²) in [5.41, 5.74) is 0.384. The number of piperidine rings is 1. The fourth-order valence-electron chi connectivity index (χ4n) is 2.79. The molecule has 1 amide bonds. The van der Waals surface area contributed by atoms with Crippen molar-refractivity contribution in [1.29, 1.82) is 0 Å². The van der Waals surface area contributed by atoms with Crippen molar-refractivity contribution in [3.63, 3.8) is 0 Å². The molecule has 0 radical (unpaired) electrons. The Bertz CT molecular complexity index is 514. The number of hydrogen-bond donors (Lipinski definition) is 1. The first kappa shape index (κ1) is 17.3. The first-order valence-electron chi connectivity index (χ1n) is 7.61. The summed E-state index contributed by atoms with van der Waals surface area (Å²) in [6, 6.07) is 8.08. The summed E-state index contributed by atoms with van der Waals surface area (Å²) in [5.74, 6) is 0. The van der Waals surface area contributed by atoms with Crippen LogP contribution in [0.25, 0.3) is 0 Å². The number of rotatable bonds is 2. The molecule has 0 aliphatic carbocycles. The highest BCUT2D eigenvalue weighted by Crippen LogP contribution is 2.36. The summed E-state index contributed by atoms with van der Waals surface area (Å²) in [4.78, 5) is 13.9. The van der Waals surface area contributed by atoms with E-state index in [1.165, 1.54) is 0 Å². The Hall–Kier alpha value is -1.07. The number of amides is 1. The molecular weight excluding hydrogens is 346 g/mol. The first-order chi connectivity index (χ1) is 10.3. The number of ether oxygens (including phenoxy) is 1. The molecule has 0 atom stereocenters. The monoisotopic (exact) mass is 369 g/mol. The van der Waals surface area contributed by atoms with Crippen LogP contribution in [-0.4, -0.2) is 41.4 Å². The summed E-state index contributed by atoms with van der Waals surface area (Å²) in [5, 5.41) is 9.93. The van der Waals surface area contributed by atoms with Crippen molar-refractivity contribution in [2.45, 2.75) is 44.6 Å². The minimum atomic E-state index is -0.478. The molecule has 22 heavy (non-hydrogen) atoms. The number of halogens is 1. The molecule has 122 valence electrons. The number of carbonyl (C=O) groups is 1. The molecule has 1 saturated heterocycles. The number of aliphatic hydroxyl groups excluding tert-OH is 1. The van der Waals surface area contributed by atoms with E-state index < -0.39 is 5.60 Å². The molecule has 0 unspecified atom stereocenters. The van der Waals surface area contributed by atoms with Crippen LogP contribution in [0, 0.1) is 0 Å². The lowest BCUT2D eigenvalue weighted by molar-refractivity contribution is 0.0123. The largest absolute Gasteiger partial charge is 0.444 e. The van der Waals surface area contributed by atoms with Gasteiger partial charge in [-0.1, -0.05) is 28.1 Å². The third-order valence-electron chi connectivity index (χ3n) is 4.13. The Morgan fingerprint density at radius 3 is 2.27 bits per heavy atom. The number of nitrogens with zero attached hydrogens (tertiary/aromatic N) is 1. The van der Waals surface area contributed by atoms with Crippen molar-refractivity contribution < 1.29 is 14.6 Å². The second kappa shape index (κ2) is 6.59. The molecule has 1 fully saturated rings.